The molecule has 0 aliphatic carbocycles. The maximum atomic E-state index is 11.6. The molecule has 3 nitrogen and oxygen atoms in total. The first-order valence-corrected chi connectivity index (χ1v) is 7.27. The van der Waals surface area contributed by atoms with Gasteiger partial charge in [0.1, 0.15) is 0 Å². The molecule has 0 aliphatic heterocycles. The molecule has 1 aromatic carbocycles. The highest BCUT2D eigenvalue weighted by Gasteiger charge is 2.10. The summed E-state index contributed by atoms with van der Waals surface area (Å²) in [6, 6.07) is 7.10. The Morgan fingerprint density at radius 2 is 1.75 bits per heavy atom. The van der Waals surface area contributed by atoms with Gasteiger partial charge < -0.3 is 5.32 Å². The summed E-state index contributed by atoms with van der Waals surface area (Å²) in [5.74, 6) is 0.153. The van der Waals surface area contributed by atoms with Crippen LogP contribution < -0.4 is 5.32 Å². The van der Waals surface area contributed by atoms with Gasteiger partial charge in [-0.2, -0.15) is 0 Å². The van der Waals surface area contributed by atoms with Crippen LogP contribution in [0.25, 0.3) is 0 Å². The Labute approximate surface area is 97.8 Å². The minimum absolute atomic E-state index is 0.153. The van der Waals surface area contributed by atoms with Crippen LogP contribution in [0.4, 0.5) is 0 Å². The average molecular weight is 241 g/mol. The molecule has 1 N–H and O–H groups in total. The van der Waals surface area contributed by atoms with E-state index in [1.54, 1.807) is 19.1 Å². The lowest BCUT2D eigenvalue weighted by atomic mass is 10.2. The predicted molar refractivity (Wildman–Crippen MR) is 66.2 cm³/mol. The Kier molecular flexibility index (Phi) is 4.96. The van der Waals surface area contributed by atoms with Crippen molar-refractivity contribution in [2.75, 3.05) is 12.3 Å². The third kappa shape index (κ3) is 3.61. The lowest BCUT2D eigenvalue weighted by Gasteiger charge is -2.05. The van der Waals surface area contributed by atoms with Crippen LogP contribution in [0.3, 0.4) is 0 Å². The Hall–Kier alpha value is -0.870. The largest absolute Gasteiger partial charge is 0.313 e. The Bertz CT molecular complexity index is 409. The molecule has 0 heterocycles. The average Bonchev–Trinajstić information content (AvgIpc) is 2.30. The van der Waals surface area contributed by atoms with Gasteiger partial charge in [-0.3, -0.25) is 0 Å². The standard InChI is InChI=1S/C12H19NO2S/c1-3-9-13-10-11-5-7-12(8-6-11)16(14,15)4-2/h5-8,13H,3-4,9-10H2,1-2H3. The summed E-state index contributed by atoms with van der Waals surface area (Å²) < 4.78 is 23.1. The molecule has 0 fully saturated rings. The predicted octanol–water partition coefficient (Wildman–Crippen LogP) is 1.98. The van der Waals surface area contributed by atoms with E-state index in [4.69, 9.17) is 0 Å². The van der Waals surface area contributed by atoms with Crippen LogP contribution in [-0.4, -0.2) is 20.7 Å². The zero-order valence-corrected chi connectivity index (χ0v) is 10.7. The second kappa shape index (κ2) is 6.01. The highest BCUT2D eigenvalue weighted by molar-refractivity contribution is 7.91. The Morgan fingerprint density at radius 1 is 1.12 bits per heavy atom. The highest BCUT2D eigenvalue weighted by atomic mass is 32.2. The number of benzene rings is 1. The van der Waals surface area contributed by atoms with E-state index < -0.39 is 9.84 Å². The van der Waals surface area contributed by atoms with Crippen LogP contribution in [0.5, 0.6) is 0 Å². The van der Waals surface area contributed by atoms with Crippen molar-refractivity contribution in [1.82, 2.24) is 5.32 Å². The normalized spacial score (nSPS) is 11.6. The van der Waals surface area contributed by atoms with E-state index in [1.807, 2.05) is 12.1 Å². The fraction of sp³-hybridized carbons (Fsp3) is 0.500. The molecule has 4 heteroatoms. The molecule has 0 atom stereocenters. The summed E-state index contributed by atoms with van der Waals surface area (Å²) >= 11 is 0. The molecule has 0 unspecified atom stereocenters. The van der Waals surface area contributed by atoms with Gasteiger partial charge in [0.15, 0.2) is 9.84 Å². The van der Waals surface area contributed by atoms with E-state index in [9.17, 15) is 8.42 Å². The van der Waals surface area contributed by atoms with Gasteiger partial charge >= 0.3 is 0 Å². The maximum absolute atomic E-state index is 11.6. The monoisotopic (exact) mass is 241 g/mol. The van der Waals surface area contributed by atoms with Crippen LogP contribution in [0.2, 0.25) is 0 Å². The summed E-state index contributed by atoms with van der Waals surface area (Å²) in [7, 11) is -3.06. The van der Waals surface area contributed by atoms with E-state index >= 15 is 0 Å². The second-order valence-corrected chi connectivity index (χ2v) is 6.00. The smallest absolute Gasteiger partial charge is 0.178 e. The van der Waals surface area contributed by atoms with Gasteiger partial charge in [-0.1, -0.05) is 26.0 Å². The number of nitrogens with one attached hydrogen (secondary N) is 1. The topological polar surface area (TPSA) is 46.2 Å². The molecule has 0 bridgehead atoms. The van der Waals surface area contributed by atoms with Gasteiger partial charge in [-0.25, -0.2) is 8.42 Å². The van der Waals surface area contributed by atoms with E-state index in [0.29, 0.717) is 4.90 Å². The lowest BCUT2D eigenvalue weighted by Crippen LogP contribution is -2.13. The molecule has 1 aromatic rings. The van der Waals surface area contributed by atoms with Crippen molar-refractivity contribution >= 4 is 9.84 Å². The molecule has 0 radical (unpaired) electrons. The third-order valence-corrected chi connectivity index (χ3v) is 4.17. The van der Waals surface area contributed by atoms with Gasteiger partial charge in [-0.05, 0) is 30.7 Å². The molecule has 0 aliphatic rings. The summed E-state index contributed by atoms with van der Waals surface area (Å²) in [5.41, 5.74) is 1.11. The molecule has 0 spiro atoms. The van der Waals surface area contributed by atoms with Gasteiger partial charge in [0.05, 0.1) is 10.6 Å². The summed E-state index contributed by atoms with van der Waals surface area (Å²) in [4.78, 5) is 0.411. The Balaban J connectivity index is 2.68. The zero-order chi connectivity index (χ0) is 12.0. The summed E-state index contributed by atoms with van der Waals surface area (Å²) in [6.45, 7) is 5.55. The van der Waals surface area contributed by atoms with Crippen molar-refractivity contribution in [1.29, 1.82) is 0 Å². The minimum atomic E-state index is -3.06. The second-order valence-electron chi connectivity index (χ2n) is 3.72. The van der Waals surface area contributed by atoms with Gasteiger partial charge in [0, 0.05) is 6.54 Å². The van der Waals surface area contributed by atoms with Crippen molar-refractivity contribution in [2.45, 2.75) is 31.7 Å². The van der Waals surface area contributed by atoms with Crippen LogP contribution in [0, 0.1) is 0 Å². The summed E-state index contributed by atoms with van der Waals surface area (Å²) in [6.07, 6.45) is 1.10. The van der Waals surface area contributed by atoms with E-state index in [2.05, 4.69) is 12.2 Å². The van der Waals surface area contributed by atoms with Crippen LogP contribution >= 0.6 is 0 Å². The molecule has 0 saturated carbocycles. The Morgan fingerprint density at radius 3 is 2.25 bits per heavy atom. The van der Waals surface area contributed by atoms with Crippen LogP contribution in [0.15, 0.2) is 29.2 Å². The first kappa shape index (κ1) is 13.2. The van der Waals surface area contributed by atoms with Gasteiger partial charge in [0.25, 0.3) is 0 Å². The first-order chi connectivity index (χ1) is 7.60. The first-order valence-electron chi connectivity index (χ1n) is 5.62. The molecular formula is C12H19NO2S. The van der Waals surface area contributed by atoms with Crippen LogP contribution in [-0.2, 0) is 16.4 Å². The quantitative estimate of drug-likeness (QED) is 0.775. The molecule has 1 rings (SSSR count). The summed E-state index contributed by atoms with van der Waals surface area (Å²) in [5, 5.41) is 3.27. The van der Waals surface area contributed by atoms with Gasteiger partial charge in [-0.15, -0.1) is 0 Å². The van der Waals surface area contributed by atoms with E-state index in [-0.39, 0.29) is 5.75 Å². The molecule has 0 aromatic heterocycles. The van der Waals surface area contributed by atoms with E-state index in [1.165, 1.54) is 0 Å². The third-order valence-electron chi connectivity index (χ3n) is 2.42. The van der Waals surface area contributed by atoms with E-state index in [0.717, 1.165) is 25.1 Å². The number of sulfone groups is 1. The van der Waals surface area contributed by atoms with Crippen molar-refractivity contribution in [3.05, 3.63) is 29.8 Å². The molecule has 16 heavy (non-hydrogen) atoms. The van der Waals surface area contributed by atoms with Crippen molar-refractivity contribution in [3.63, 3.8) is 0 Å². The SMILES string of the molecule is CCCNCc1ccc(S(=O)(=O)CC)cc1. The van der Waals surface area contributed by atoms with Crippen molar-refractivity contribution in [3.8, 4) is 0 Å². The van der Waals surface area contributed by atoms with Crippen molar-refractivity contribution in [2.24, 2.45) is 0 Å². The number of hydrogen-bond acceptors (Lipinski definition) is 3. The maximum Gasteiger partial charge on any atom is 0.178 e. The molecule has 0 amide bonds. The molecular weight excluding hydrogens is 222 g/mol. The number of hydrogen-bond donors (Lipinski definition) is 1. The fourth-order valence-corrected chi connectivity index (χ4v) is 2.27. The minimum Gasteiger partial charge on any atom is -0.313 e. The van der Waals surface area contributed by atoms with Crippen LogP contribution in [0.1, 0.15) is 25.8 Å². The number of rotatable bonds is 6. The fourth-order valence-electron chi connectivity index (χ4n) is 1.39. The highest BCUT2D eigenvalue weighted by Crippen LogP contribution is 2.12. The van der Waals surface area contributed by atoms with Crippen molar-refractivity contribution < 1.29 is 8.42 Å². The zero-order valence-electron chi connectivity index (χ0n) is 9.86. The van der Waals surface area contributed by atoms with Gasteiger partial charge in [0.2, 0.25) is 0 Å². The molecule has 90 valence electrons. The lowest BCUT2D eigenvalue weighted by molar-refractivity contribution is 0.597. The molecule has 0 saturated heterocycles.